The quantitative estimate of drug-likeness (QED) is 0.868. The first-order chi connectivity index (χ1) is 9.80. The van der Waals surface area contributed by atoms with Crippen LogP contribution in [0.25, 0.3) is 0 Å². The van der Waals surface area contributed by atoms with E-state index in [1.54, 1.807) is 0 Å². The molecule has 1 aliphatic heterocycles. The van der Waals surface area contributed by atoms with Gasteiger partial charge in [0.1, 0.15) is 0 Å². The number of hydrogen-bond acceptors (Lipinski definition) is 3. The van der Waals surface area contributed by atoms with Gasteiger partial charge in [-0.1, -0.05) is 37.1 Å². The molecule has 1 aliphatic carbocycles. The van der Waals surface area contributed by atoms with Crippen LogP contribution in [0.2, 0.25) is 0 Å². The third-order valence-electron chi connectivity index (χ3n) is 4.73. The summed E-state index contributed by atoms with van der Waals surface area (Å²) in [6.07, 6.45) is 8.05. The molecule has 110 valence electrons. The average molecular weight is 275 g/mol. The number of ether oxygens (including phenoxy) is 1. The molecule has 1 aromatic carbocycles. The summed E-state index contributed by atoms with van der Waals surface area (Å²) in [4.78, 5) is 0. The zero-order valence-electron chi connectivity index (χ0n) is 12.1. The summed E-state index contributed by atoms with van der Waals surface area (Å²) in [6, 6.07) is 8.11. The van der Waals surface area contributed by atoms with Gasteiger partial charge in [-0.25, -0.2) is 0 Å². The molecule has 3 nitrogen and oxygen atoms in total. The molecule has 0 aromatic heterocycles. The molecule has 0 bridgehead atoms. The van der Waals surface area contributed by atoms with Crippen LogP contribution in [0.1, 0.15) is 49.7 Å². The van der Waals surface area contributed by atoms with Gasteiger partial charge < -0.3 is 15.2 Å². The first-order valence-corrected chi connectivity index (χ1v) is 7.87. The fourth-order valence-electron chi connectivity index (χ4n) is 3.64. The van der Waals surface area contributed by atoms with Crippen molar-refractivity contribution in [1.82, 2.24) is 5.32 Å². The fourth-order valence-corrected chi connectivity index (χ4v) is 3.64. The molecular weight excluding hydrogens is 250 g/mol. The van der Waals surface area contributed by atoms with Crippen LogP contribution in [0, 0.1) is 0 Å². The Kier molecular flexibility index (Phi) is 4.39. The molecule has 2 N–H and O–H groups in total. The molecule has 0 radical (unpaired) electrons. The van der Waals surface area contributed by atoms with E-state index in [2.05, 4.69) is 17.4 Å². The zero-order valence-corrected chi connectivity index (χ0v) is 12.1. The van der Waals surface area contributed by atoms with Gasteiger partial charge in [0.25, 0.3) is 0 Å². The number of benzene rings is 1. The van der Waals surface area contributed by atoms with Crippen molar-refractivity contribution >= 4 is 0 Å². The summed E-state index contributed by atoms with van der Waals surface area (Å²) in [6.45, 7) is 1.90. The topological polar surface area (TPSA) is 41.5 Å². The first-order valence-electron chi connectivity index (χ1n) is 7.87. The largest absolute Gasteiger partial charge is 0.392 e. The van der Waals surface area contributed by atoms with Gasteiger partial charge in [-0.3, -0.25) is 0 Å². The molecule has 1 unspecified atom stereocenters. The van der Waals surface area contributed by atoms with Crippen LogP contribution in [0.5, 0.6) is 0 Å². The van der Waals surface area contributed by atoms with Crippen LogP contribution in [-0.2, 0) is 17.9 Å². The van der Waals surface area contributed by atoms with E-state index < -0.39 is 0 Å². The second kappa shape index (κ2) is 6.25. The van der Waals surface area contributed by atoms with Crippen LogP contribution in [0.3, 0.4) is 0 Å². The van der Waals surface area contributed by atoms with Gasteiger partial charge in [0, 0.05) is 13.1 Å². The molecule has 1 spiro atoms. The van der Waals surface area contributed by atoms with E-state index in [1.165, 1.54) is 44.1 Å². The average Bonchev–Trinajstić information content (AvgIpc) is 3.10. The summed E-state index contributed by atoms with van der Waals surface area (Å²) >= 11 is 0. The number of hydrogen-bond donors (Lipinski definition) is 2. The maximum Gasteiger partial charge on any atom is 0.0708 e. The molecule has 1 atom stereocenters. The highest BCUT2D eigenvalue weighted by Gasteiger charge is 2.41. The van der Waals surface area contributed by atoms with Crippen LogP contribution in [0.4, 0.5) is 0 Å². The van der Waals surface area contributed by atoms with Crippen LogP contribution >= 0.6 is 0 Å². The van der Waals surface area contributed by atoms with Crippen molar-refractivity contribution in [2.45, 2.75) is 63.4 Å². The maximum atomic E-state index is 9.14. The molecule has 1 heterocycles. The van der Waals surface area contributed by atoms with Gasteiger partial charge >= 0.3 is 0 Å². The van der Waals surface area contributed by atoms with Crippen molar-refractivity contribution in [3.63, 3.8) is 0 Å². The van der Waals surface area contributed by atoms with Crippen molar-refractivity contribution in [2.24, 2.45) is 0 Å². The van der Waals surface area contributed by atoms with Gasteiger partial charge in [0.2, 0.25) is 0 Å². The third-order valence-corrected chi connectivity index (χ3v) is 4.73. The Morgan fingerprint density at radius 3 is 2.80 bits per heavy atom. The highest BCUT2D eigenvalue weighted by atomic mass is 16.5. The molecule has 1 saturated carbocycles. The summed E-state index contributed by atoms with van der Waals surface area (Å²) in [7, 11) is 0. The molecule has 3 heteroatoms. The SMILES string of the molecule is OCc1cccc(CNCC2CCC3(CCCC3)O2)c1. The number of aliphatic hydroxyl groups excluding tert-OH is 1. The summed E-state index contributed by atoms with van der Waals surface area (Å²) < 4.78 is 6.29. The highest BCUT2D eigenvalue weighted by molar-refractivity contribution is 5.22. The minimum atomic E-state index is 0.113. The van der Waals surface area contributed by atoms with Crippen molar-refractivity contribution in [3.05, 3.63) is 35.4 Å². The fraction of sp³-hybridized carbons (Fsp3) is 0.647. The first kappa shape index (κ1) is 14.1. The summed E-state index contributed by atoms with van der Waals surface area (Å²) in [5.74, 6) is 0. The lowest BCUT2D eigenvalue weighted by atomic mass is 9.98. The monoisotopic (exact) mass is 275 g/mol. The van der Waals surface area contributed by atoms with Gasteiger partial charge in [0.15, 0.2) is 0 Å². The zero-order chi connectivity index (χ0) is 13.8. The third kappa shape index (κ3) is 3.22. The standard InChI is InChI=1S/C17H25NO2/c19-13-15-5-3-4-14(10-15)11-18-12-16-6-9-17(20-16)7-1-2-8-17/h3-5,10,16,18-19H,1-2,6-9,11-13H2. The summed E-state index contributed by atoms with van der Waals surface area (Å²) in [5, 5.41) is 12.6. The van der Waals surface area contributed by atoms with E-state index >= 15 is 0 Å². The summed E-state index contributed by atoms with van der Waals surface area (Å²) in [5.41, 5.74) is 2.44. The maximum absolute atomic E-state index is 9.14. The number of aliphatic hydroxyl groups is 1. The van der Waals surface area contributed by atoms with E-state index in [1.807, 2.05) is 12.1 Å². The Labute approximate surface area is 121 Å². The van der Waals surface area contributed by atoms with E-state index in [-0.39, 0.29) is 12.2 Å². The lowest BCUT2D eigenvalue weighted by molar-refractivity contribution is -0.0351. The molecule has 2 fully saturated rings. The Balaban J connectivity index is 1.44. The predicted molar refractivity (Wildman–Crippen MR) is 79.4 cm³/mol. The Hall–Kier alpha value is -0.900. The molecule has 0 amide bonds. The van der Waals surface area contributed by atoms with Crippen LogP contribution in [0.15, 0.2) is 24.3 Å². The lowest BCUT2D eigenvalue weighted by Crippen LogP contribution is -2.30. The van der Waals surface area contributed by atoms with Crippen molar-refractivity contribution < 1.29 is 9.84 Å². The van der Waals surface area contributed by atoms with Crippen molar-refractivity contribution in [3.8, 4) is 0 Å². The van der Waals surface area contributed by atoms with E-state index in [0.29, 0.717) is 6.10 Å². The van der Waals surface area contributed by atoms with Gasteiger partial charge in [0.05, 0.1) is 18.3 Å². The predicted octanol–water partition coefficient (Wildman–Crippen LogP) is 2.76. The Morgan fingerprint density at radius 2 is 2.00 bits per heavy atom. The minimum absolute atomic E-state index is 0.113. The highest BCUT2D eigenvalue weighted by Crippen LogP contribution is 2.43. The van der Waals surface area contributed by atoms with Gasteiger partial charge in [-0.05, 0) is 36.8 Å². The van der Waals surface area contributed by atoms with E-state index in [4.69, 9.17) is 9.84 Å². The number of nitrogens with one attached hydrogen (secondary N) is 1. The van der Waals surface area contributed by atoms with Crippen LogP contribution in [-0.4, -0.2) is 23.4 Å². The smallest absolute Gasteiger partial charge is 0.0708 e. The van der Waals surface area contributed by atoms with Crippen molar-refractivity contribution in [2.75, 3.05) is 6.54 Å². The molecular formula is C17H25NO2. The Bertz CT molecular complexity index is 440. The normalized spacial score (nSPS) is 24.6. The second-order valence-electron chi connectivity index (χ2n) is 6.28. The molecule has 1 aromatic rings. The molecule has 2 aliphatic rings. The number of rotatable bonds is 5. The van der Waals surface area contributed by atoms with Gasteiger partial charge in [-0.15, -0.1) is 0 Å². The van der Waals surface area contributed by atoms with Crippen molar-refractivity contribution in [1.29, 1.82) is 0 Å². The second-order valence-corrected chi connectivity index (χ2v) is 6.28. The molecule has 1 saturated heterocycles. The Morgan fingerprint density at radius 1 is 1.20 bits per heavy atom. The lowest BCUT2D eigenvalue weighted by Gasteiger charge is -2.24. The molecule has 3 rings (SSSR count). The molecule has 20 heavy (non-hydrogen) atoms. The van der Waals surface area contributed by atoms with E-state index in [0.717, 1.165) is 18.7 Å². The minimum Gasteiger partial charge on any atom is -0.392 e. The van der Waals surface area contributed by atoms with E-state index in [9.17, 15) is 0 Å². The van der Waals surface area contributed by atoms with Gasteiger partial charge in [-0.2, -0.15) is 0 Å². The van der Waals surface area contributed by atoms with Crippen LogP contribution < -0.4 is 5.32 Å².